The number of thiocarbonyl (C=S) groups is 1. The highest BCUT2D eigenvalue weighted by Crippen LogP contribution is 2.30. The second-order valence-electron chi connectivity index (χ2n) is 8.52. The Balaban J connectivity index is 1.49. The Morgan fingerprint density at radius 2 is 1.70 bits per heavy atom. The summed E-state index contributed by atoms with van der Waals surface area (Å²) in [5.74, 6) is -0.0185. The Morgan fingerprint density at radius 3 is 2.45 bits per heavy atom. The Bertz CT molecular complexity index is 1260. The zero-order valence-corrected chi connectivity index (χ0v) is 19.4. The maximum Gasteiger partial charge on any atom is 0.281 e. The van der Waals surface area contributed by atoms with E-state index in [0.717, 1.165) is 48.1 Å². The number of likely N-dealkylation sites (N-methyl/N-ethyl adjacent to an activating group) is 1. The van der Waals surface area contributed by atoms with Crippen molar-refractivity contribution in [2.24, 2.45) is 0 Å². The number of amides is 2. The third kappa shape index (κ3) is 3.93. The number of para-hydroxylation sites is 2. The number of anilines is 1. The normalized spacial score (nSPS) is 18.1. The van der Waals surface area contributed by atoms with Crippen molar-refractivity contribution in [1.82, 2.24) is 14.4 Å². The highest BCUT2D eigenvalue weighted by Gasteiger charge is 2.36. The average Bonchev–Trinajstić information content (AvgIpc) is 3.30. The van der Waals surface area contributed by atoms with Gasteiger partial charge in [0.15, 0.2) is 5.11 Å². The molecule has 7 heteroatoms. The molecule has 2 aromatic carbocycles. The van der Waals surface area contributed by atoms with Crippen LogP contribution in [0, 0.1) is 0 Å². The van der Waals surface area contributed by atoms with Gasteiger partial charge in [0, 0.05) is 42.8 Å². The van der Waals surface area contributed by atoms with Crippen LogP contribution in [0.2, 0.25) is 0 Å². The maximum atomic E-state index is 13.3. The third-order valence-electron chi connectivity index (χ3n) is 6.40. The first kappa shape index (κ1) is 21.4. The van der Waals surface area contributed by atoms with Crippen LogP contribution in [0.3, 0.4) is 0 Å². The molecule has 0 spiro atoms. The van der Waals surface area contributed by atoms with Crippen molar-refractivity contribution in [2.75, 3.05) is 25.0 Å². The molecule has 0 atom stereocenters. The summed E-state index contributed by atoms with van der Waals surface area (Å²) in [6.07, 6.45) is 7.18. The van der Waals surface area contributed by atoms with Crippen LogP contribution in [0.4, 0.5) is 5.69 Å². The van der Waals surface area contributed by atoms with Gasteiger partial charge in [-0.2, -0.15) is 0 Å². The van der Waals surface area contributed by atoms with Crippen molar-refractivity contribution in [3.8, 4) is 0 Å². The molecule has 1 aromatic heterocycles. The molecule has 0 aliphatic carbocycles. The first-order valence-electron chi connectivity index (χ1n) is 11.3. The number of piperidine rings is 1. The third-order valence-corrected chi connectivity index (χ3v) is 6.86. The van der Waals surface area contributed by atoms with Crippen LogP contribution in [-0.4, -0.2) is 51.4 Å². The summed E-state index contributed by atoms with van der Waals surface area (Å²) in [7, 11) is 1.81. The number of fused-ring (bicyclic) bond motifs is 1. The number of aromatic nitrogens is 1. The molecule has 0 bridgehead atoms. The Labute approximate surface area is 198 Å². The first-order valence-corrected chi connectivity index (χ1v) is 11.7. The molecule has 3 heterocycles. The highest BCUT2D eigenvalue weighted by atomic mass is 32.1. The summed E-state index contributed by atoms with van der Waals surface area (Å²) in [6.45, 7) is 1.96. The quantitative estimate of drug-likeness (QED) is 0.433. The van der Waals surface area contributed by atoms with Gasteiger partial charge in [0.25, 0.3) is 5.91 Å². The monoisotopic (exact) mass is 458 g/mol. The second kappa shape index (κ2) is 8.83. The minimum atomic E-state index is -0.157. The summed E-state index contributed by atoms with van der Waals surface area (Å²) in [6, 6.07) is 17.4. The number of carbonyl (C=O) groups excluding carboxylic acids is 2. The Kier molecular flexibility index (Phi) is 5.72. The SMILES string of the molecule is CN1C(=S)N(c2ccccc2)C(=O)/C1=C\c1cn(CC(=O)N2CCCCC2)c2ccccc12. The minimum absolute atomic E-state index is 0.139. The smallest absolute Gasteiger partial charge is 0.281 e. The average molecular weight is 459 g/mol. The van der Waals surface area contributed by atoms with E-state index >= 15 is 0 Å². The van der Waals surface area contributed by atoms with Crippen LogP contribution in [0.1, 0.15) is 24.8 Å². The molecule has 3 aromatic rings. The molecule has 2 fully saturated rings. The van der Waals surface area contributed by atoms with Gasteiger partial charge in [0.05, 0.1) is 5.69 Å². The van der Waals surface area contributed by atoms with E-state index in [4.69, 9.17) is 12.2 Å². The van der Waals surface area contributed by atoms with Crippen LogP contribution in [0.5, 0.6) is 0 Å². The van der Waals surface area contributed by atoms with E-state index in [1.807, 2.05) is 83.4 Å². The minimum Gasteiger partial charge on any atom is -0.341 e. The molecule has 2 saturated heterocycles. The van der Waals surface area contributed by atoms with Gasteiger partial charge >= 0.3 is 0 Å². The number of carbonyl (C=O) groups is 2. The predicted molar refractivity (Wildman–Crippen MR) is 135 cm³/mol. The number of hydrogen-bond acceptors (Lipinski definition) is 3. The fourth-order valence-electron chi connectivity index (χ4n) is 4.62. The molecule has 0 unspecified atom stereocenters. The molecule has 0 N–H and O–H groups in total. The molecule has 33 heavy (non-hydrogen) atoms. The fourth-order valence-corrected chi connectivity index (χ4v) is 4.91. The van der Waals surface area contributed by atoms with Crippen LogP contribution >= 0.6 is 12.2 Å². The zero-order valence-electron chi connectivity index (χ0n) is 18.6. The lowest BCUT2D eigenvalue weighted by molar-refractivity contribution is -0.132. The molecule has 5 rings (SSSR count). The second-order valence-corrected chi connectivity index (χ2v) is 8.88. The lowest BCUT2D eigenvalue weighted by Gasteiger charge is -2.27. The molecule has 0 radical (unpaired) electrons. The van der Waals surface area contributed by atoms with Gasteiger partial charge in [-0.15, -0.1) is 0 Å². The molecular formula is C26H26N4O2S. The van der Waals surface area contributed by atoms with E-state index in [1.54, 1.807) is 9.80 Å². The van der Waals surface area contributed by atoms with E-state index in [0.29, 0.717) is 17.4 Å². The van der Waals surface area contributed by atoms with Gasteiger partial charge in [-0.25, -0.2) is 0 Å². The lowest BCUT2D eigenvalue weighted by atomic mass is 10.1. The van der Waals surface area contributed by atoms with Crippen molar-refractivity contribution in [2.45, 2.75) is 25.8 Å². The molecule has 2 amide bonds. The summed E-state index contributed by atoms with van der Waals surface area (Å²) in [5.41, 5.74) is 3.13. The van der Waals surface area contributed by atoms with Gasteiger partial charge < -0.3 is 14.4 Å². The number of hydrogen-bond donors (Lipinski definition) is 0. The van der Waals surface area contributed by atoms with Crippen molar-refractivity contribution >= 4 is 51.8 Å². The topological polar surface area (TPSA) is 48.8 Å². The van der Waals surface area contributed by atoms with Gasteiger partial charge in [-0.3, -0.25) is 14.5 Å². The van der Waals surface area contributed by atoms with Gasteiger partial charge in [0.2, 0.25) is 5.91 Å². The molecule has 2 aliphatic rings. The van der Waals surface area contributed by atoms with Gasteiger partial charge in [0.1, 0.15) is 12.2 Å². The molecule has 168 valence electrons. The number of nitrogens with zero attached hydrogens (tertiary/aromatic N) is 4. The summed E-state index contributed by atoms with van der Waals surface area (Å²) < 4.78 is 1.99. The van der Waals surface area contributed by atoms with Crippen molar-refractivity contribution in [1.29, 1.82) is 0 Å². The van der Waals surface area contributed by atoms with E-state index in [1.165, 1.54) is 6.42 Å². The Hall–Kier alpha value is -3.45. The number of benzene rings is 2. The van der Waals surface area contributed by atoms with E-state index in [9.17, 15) is 9.59 Å². The van der Waals surface area contributed by atoms with Crippen molar-refractivity contribution in [3.05, 3.63) is 72.1 Å². The zero-order chi connectivity index (χ0) is 22.9. The maximum absolute atomic E-state index is 13.3. The van der Waals surface area contributed by atoms with E-state index in [-0.39, 0.29) is 11.8 Å². The molecular weight excluding hydrogens is 432 g/mol. The van der Waals surface area contributed by atoms with Crippen LogP contribution in [-0.2, 0) is 16.1 Å². The molecule has 0 saturated carbocycles. The van der Waals surface area contributed by atoms with Crippen LogP contribution < -0.4 is 4.90 Å². The molecule has 6 nitrogen and oxygen atoms in total. The van der Waals surface area contributed by atoms with E-state index < -0.39 is 0 Å². The summed E-state index contributed by atoms with van der Waals surface area (Å²) >= 11 is 5.58. The van der Waals surface area contributed by atoms with Crippen LogP contribution in [0.15, 0.2) is 66.5 Å². The van der Waals surface area contributed by atoms with E-state index in [2.05, 4.69) is 0 Å². The summed E-state index contributed by atoms with van der Waals surface area (Å²) in [5, 5.41) is 1.45. The van der Waals surface area contributed by atoms with Gasteiger partial charge in [-0.05, 0) is 55.8 Å². The van der Waals surface area contributed by atoms with Crippen molar-refractivity contribution in [3.63, 3.8) is 0 Å². The highest BCUT2D eigenvalue weighted by molar-refractivity contribution is 7.80. The number of likely N-dealkylation sites (tertiary alicyclic amines) is 1. The van der Waals surface area contributed by atoms with Gasteiger partial charge in [-0.1, -0.05) is 36.4 Å². The largest absolute Gasteiger partial charge is 0.341 e. The standard InChI is InChI=1S/C26H26N4O2S/c1-27-23(25(32)30(26(27)33)20-10-4-2-5-11-20)16-19-17-29(22-13-7-6-12-21(19)22)18-24(31)28-14-8-3-9-15-28/h2,4-7,10-13,16-17H,3,8-9,14-15,18H2,1H3/b23-16+. The predicted octanol–water partition coefficient (Wildman–Crippen LogP) is 4.26. The first-order chi connectivity index (χ1) is 16.0. The van der Waals surface area contributed by atoms with Crippen LogP contribution in [0.25, 0.3) is 17.0 Å². The van der Waals surface area contributed by atoms with Crippen molar-refractivity contribution < 1.29 is 9.59 Å². The number of rotatable bonds is 4. The Morgan fingerprint density at radius 1 is 1.00 bits per heavy atom. The summed E-state index contributed by atoms with van der Waals surface area (Å²) in [4.78, 5) is 31.5. The fraction of sp³-hybridized carbons (Fsp3) is 0.269. The molecule has 2 aliphatic heterocycles. The lowest BCUT2D eigenvalue weighted by Crippen LogP contribution is -2.37.